The summed E-state index contributed by atoms with van der Waals surface area (Å²) in [7, 11) is 0. The Morgan fingerprint density at radius 1 is 1.21 bits per heavy atom. The molecular formula is C20H19BrCl3NO4. The van der Waals surface area contributed by atoms with Crippen molar-refractivity contribution < 1.29 is 19.1 Å². The second kappa shape index (κ2) is 10.5. The summed E-state index contributed by atoms with van der Waals surface area (Å²) in [5, 5.41) is 2.51. The predicted molar refractivity (Wildman–Crippen MR) is 120 cm³/mol. The molecular weight excluding hydrogens is 504 g/mol. The van der Waals surface area contributed by atoms with Crippen molar-refractivity contribution in [3.63, 3.8) is 0 Å². The number of carbonyl (C=O) groups excluding carboxylic acids is 2. The Morgan fingerprint density at radius 2 is 1.90 bits per heavy atom. The average molecular weight is 524 g/mol. The number of alkyl halides is 1. The molecule has 2 rings (SSSR count). The van der Waals surface area contributed by atoms with Crippen LogP contribution < -0.4 is 14.8 Å². The van der Waals surface area contributed by atoms with Gasteiger partial charge in [0.2, 0.25) is 5.91 Å². The fourth-order valence-corrected chi connectivity index (χ4v) is 3.50. The smallest absolute Gasteiger partial charge is 0.310 e. The Labute approximate surface area is 192 Å². The van der Waals surface area contributed by atoms with E-state index in [-0.39, 0.29) is 34.1 Å². The molecule has 156 valence electrons. The maximum absolute atomic E-state index is 11.8. The number of benzene rings is 2. The van der Waals surface area contributed by atoms with E-state index in [0.717, 1.165) is 0 Å². The van der Waals surface area contributed by atoms with Gasteiger partial charge in [0.05, 0.1) is 15.7 Å². The van der Waals surface area contributed by atoms with E-state index in [9.17, 15) is 9.59 Å². The highest BCUT2D eigenvalue weighted by molar-refractivity contribution is 9.10. The summed E-state index contributed by atoms with van der Waals surface area (Å²) in [6, 6.07) is 6.50. The molecule has 0 heterocycles. The molecule has 0 aromatic heterocycles. The molecule has 1 amide bonds. The third-order valence-corrected chi connectivity index (χ3v) is 5.42. The molecule has 0 aliphatic heterocycles. The quantitative estimate of drug-likeness (QED) is 0.241. The van der Waals surface area contributed by atoms with Gasteiger partial charge in [-0.15, -0.1) is 11.6 Å². The summed E-state index contributed by atoms with van der Waals surface area (Å²) in [5.74, 6) is 0.305. The van der Waals surface area contributed by atoms with Crippen molar-refractivity contribution in [3.05, 3.63) is 44.3 Å². The van der Waals surface area contributed by atoms with Crippen LogP contribution in [0.3, 0.4) is 0 Å². The zero-order chi connectivity index (χ0) is 21.7. The normalized spacial score (nSPS) is 11.7. The molecule has 0 saturated heterocycles. The lowest BCUT2D eigenvalue weighted by atomic mass is 10.1. The Morgan fingerprint density at radius 3 is 2.45 bits per heavy atom. The van der Waals surface area contributed by atoms with Crippen molar-refractivity contribution >= 4 is 68.3 Å². The molecule has 2 aromatic rings. The molecule has 0 aliphatic rings. The first-order chi connectivity index (χ1) is 13.7. The first-order valence-corrected chi connectivity index (χ1v) is 10.8. The zero-order valence-corrected chi connectivity index (χ0v) is 19.8. The van der Waals surface area contributed by atoms with Gasteiger partial charge in [-0.05, 0) is 47.5 Å². The van der Waals surface area contributed by atoms with Gasteiger partial charge in [0.15, 0.2) is 5.75 Å². The molecule has 0 bridgehead atoms. The number of ether oxygens (including phenoxy) is 2. The highest BCUT2D eigenvalue weighted by Crippen LogP contribution is 2.44. The summed E-state index contributed by atoms with van der Waals surface area (Å²) >= 11 is 22.0. The van der Waals surface area contributed by atoms with Gasteiger partial charge < -0.3 is 14.8 Å². The van der Waals surface area contributed by atoms with Crippen LogP contribution in [0.25, 0.3) is 0 Å². The molecule has 5 nitrogen and oxygen atoms in total. The second-order valence-corrected chi connectivity index (χ2v) is 8.30. The SMILES string of the molecule is CCC(=O)Oc1cc(Cl)c(Oc2ccc(NC(=O)C(C)Cl)c(Br)c2)c(Cl)c1CC. The van der Waals surface area contributed by atoms with E-state index in [1.165, 1.54) is 6.07 Å². The second-order valence-electron chi connectivity index (χ2n) is 6.01. The van der Waals surface area contributed by atoms with Crippen LogP contribution in [0.1, 0.15) is 32.8 Å². The molecule has 0 aliphatic carbocycles. The molecule has 1 N–H and O–H groups in total. The van der Waals surface area contributed by atoms with Crippen LogP contribution in [0, 0.1) is 0 Å². The third kappa shape index (κ3) is 6.01. The van der Waals surface area contributed by atoms with Gasteiger partial charge in [-0.3, -0.25) is 9.59 Å². The van der Waals surface area contributed by atoms with Crippen LogP contribution in [-0.4, -0.2) is 17.3 Å². The number of rotatable bonds is 7. The Hall–Kier alpha value is -1.47. The van der Waals surface area contributed by atoms with Crippen LogP contribution in [0.2, 0.25) is 10.0 Å². The van der Waals surface area contributed by atoms with Crippen LogP contribution >= 0.6 is 50.7 Å². The van der Waals surface area contributed by atoms with Gasteiger partial charge in [-0.1, -0.05) is 37.0 Å². The largest absolute Gasteiger partial charge is 0.454 e. The van der Waals surface area contributed by atoms with Gasteiger partial charge in [-0.2, -0.15) is 0 Å². The van der Waals surface area contributed by atoms with Crippen LogP contribution in [0.4, 0.5) is 5.69 Å². The minimum Gasteiger partial charge on any atom is -0.454 e. The van der Waals surface area contributed by atoms with Crippen molar-refractivity contribution in [1.29, 1.82) is 0 Å². The highest BCUT2D eigenvalue weighted by atomic mass is 79.9. The van der Waals surface area contributed by atoms with Gasteiger partial charge in [0.1, 0.15) is 16.9 Å². The molecule has 1 atom stereocenters. The number of hydrogen-bond acceptors (Lipinski definition) is 4. The molecule has 1 unspecified atom stereocenters. The first-order valence-electron chi connectivity index (χ1n) is 8.81. The maximum Gasteiger partial charge on any atom is 0.310 e. The Balaban J connectivity index is 2.33. The monoisotopic (exact) mass is 521 g/mol. The number of nitrogens with one attached hydrogen (secondary N) is 1. The average Bonchev–Trinajstić information content (AvgIpc) is 2.67. The maximum atomic E-state index is 11.8. The third-order valence-electron chi connectivity index (χ3n) is 3.88. The summed E-state index contributed by atoms with van der Waals surface area (Å²) in [6.07, 6.45) is 0.750. The van der Waals surface area contributed by atoms with E-state index in [4.69, 9.17) is 44.3 Å². The van der Waals surface area contributed by atoms with Gasteiger partial charge in [0, 0.05) is 22.5 Å². The number of amides is 1. The van der Waals surface area contributed by atoms with Gasteiger partial charge in [0.25, 0.3) is 0 Å². The van der Waals surface area contributed by atoms with Crippen molar-refractivity contribution in [1.82, 2.24) is 0 Å². The van der Waals surface area contributed by atoms with Crippen molar-refractivity contribution in [2.75, 3.05) is 5.32 Å². The number of carbonyl (C=O) groups is 2. The fourth-order valence-electron chi connectivity index (χ4n) is 2.34. The van der Waals surface area contributed by atoms with Crippen molar-refractivity contribution in [3.8, 4) is 17.2 Å². The fraction of sp³-hybridized carbons (Fsp3) is 0.300. The number of anilines is 1. The molecule has 0 saturated carbocycles. The molecule has 0 fully saturated rings. The van der Waals surface area contributed by atoms with Gasteiger partial charge >= 0.3 is 5.97 Å². The number of halogens is 4. The molecule has 2 aromatic carbocycles. The van der Waals surface area contributed by atoms with Crippen LogP contribution in [0.15, 0.2) is 28.7 Å². The summed E-state index contributed by atoms with van der Waals surface area (Å²) < 4.78 is 11.8. The van der Waals surface area contributed by atoms with E-state index in [0.29, 0.717) is 33.6 Å². The standard InChI is InChI=1S/C20H19BrCl3NO4/c1-4-12-16(29-17(26)5-2)9-14(23)19(18(12)24)28-11-6-7-15(13(21)8-11)25-20(27)10(3)22/h6-10H,4-5H2,1-3H3,(H,25,27). The van der Waals surface area contributed by atoms with Crippen LogP contribution in [0.5, 0.6) is 17.2 Å². The predicted octanol–water partition coefficient (Wildman–Crippen LogP) is 6.99. The molecule has 0 radical (unpaired) electrons. The van der Waals surface area contributed by atoms with Crippen molar-refractivity contribution in [2.24, 2.45) is 0 Å². The van der Waals surface area contributed by atoms with Crippen molar-refractivity contribution in [2.45, 2.75) is 39.0 Å². The van der Waals surface area contributed by atoms with Crippen LogP contribution in [-0.2, 0) is 16.0 Å². The molecule has 29 heavy (non-hydrogen) atoms. The zero-order valence-electron chi connectivity index (χ0n) is 15.9. The number of esters is 1. The summed E-state index contributed by atoms with van der Waals surface area (Å²) in [4.78, 5) is 23.4. The summed E-state index contributed by atoms with van der Waals surface area (Å²) in [5.41, 5.74) is 1.16. The topological polar surface area (TPSA) is 64.6 Å². The van der Waals surface area contributed by atoms with Gasteiger partial charge in [-0.25, -0.2) is 0 Å². The van der Waals surface area contributed by atoms with E-state index >= 15 is 0 Å². The van der Waals surface area contributed by atoms with E-state index < -0.39 is 5.38 Å². The minimum atomic E-state index is -0.664. The lowest BCUT2D eigenvalue weighted by Crippen LogP contribution is -2.20. The molecule has 0 spiro atoms. The Kier molecular flexibility index (Phi) is 8.64. The van der Waals surface area contributed by atoms with E-state index in [2.05, 4.69) is 21.2 Å². The van der Waals surface area contributed by atoms with E-state index in [1.807, 2.05) is 6.92 Å². The lowest BCUT2D eigenvalue weighted by Gasteiger charge is -2.17. The first kappa shape index (κ1) is 23.8. The highest BCUT2D eigenvalue weighted by Gasteiger charge is 2.20. The lowest BCUT2D eigenvalue weighted by molar-refractivity contribution is -0.134. The summed E-state index contributed by atoms with van der Waals surface area (Å²) in [6.45, 7) is 5.17. The molecule has 9 heteroatoms. The minimum absolute atomic E-state index is 0.204. The Bertz CT molecular complexity index is 934. The van der Waals surface area contributed by atoms with E-state index in [1.54, 1.807) is 32.0 Å². The number of hydrogen-bond donors (Lipinski definition) is 1.